The number of unbranched alkanes of at least 4 members (excludes halogenated alkanes) is 1. The Kier molecular flexibility index (Phi) is 5.52. The maximum Gasteiger partial charge on any atom is 0.337 e. The summed E-state index contributed by atoms with van der Waals surface area (Å²) < 4.78 is 2.08. The molecule has 0 fully saturated rings. The van der Waals surface area contributed by atoms with Crippen LogP contribution in [0.4, 0.5) is 0 Å². The SMILES string of the molecule is CCCCn1c(-c2csc(-c3ccnc(CC)c3)n2)cc(C(=O)O)c1C. The molecule has 0 atom stereocenters. The summed E-state index contributed by atoms with van der Waals surface area (Å²) in [6, 6.07) is 5.77. The average Bonchev–Trinajstić information content (AvgIpc) is 3.25. The van der Waals surface area contributed by atoms with Gasteiger partial charge in [0.05, 0.1) is 17.0 Å². The number of carboxylic acid groups (broad SMARTS) is 1. The normalized spacial score (nSPS) is 11.0. The zero-order chi connectivity index (χ0) is 18.7. The standard InChI is InChI=1S/C20H23N3O2S/c1-4-6-9-23-13(3)16(20(24)25)11-18(23)17-12-26-19(22-17)14-7-8-21-15(5-2)10-14/h7-8,10-12H,4-6,9H2,1-3H3,(H,24,25). The van der Waals surface area contributed by atoms with Crippen LogP contribution in [-0.2, 0) is 13.0 Å². The summed E-state index contributed by atoms with van der Waals surface area (Å²) in [5, 5.41) is 12.4. The van der Waals surface area contributed by atoms with Crippen LogP contribution in [0.25, 0.3) is 22.0 Å². The van der Waals surface area contributed by atoms with Gasteiger partial charge in [0.2, 0.25) is 0 Å². The summed E-state index contributed by atoms with van der Waals surface area (Å²) in [5.41, 5.74) is 4.92. The van der Waals surface area contributed by atoms with Gasteiger partial charge in [0.15, 0.2) is 0 Å². The number of nitrogens with zero attached hydrogens (tertiary/aromatic N) is 3. The molecule has 1 N–H and O–H groups in total. The van der Waals surface area contributed by atoms with E-state index in [-0.39, 0.29) is 0 Å². The first-order valence-corrected chi connectivity index (χ1v) is 9.77. The van der Waals surface area contributed by atoms with E-state index in [4.69, 9.17) is 4.98 Å². The van der Waals surface area contributed by atoms with E-state index in [0.29, 0.717) is 5.56 Å². The van der Waals surface area contributed by atoms with E-state index in [2.05, 4.69) is 29.5 Å². The molecule has 0 aliphatic heterocycles. The Morgan fingerprint density at radius 2 is 2.12 bits per heavy atom. The van der Waals surface area contributed by atoms with E-state index in [1.807, 2.05) is 24.6 Å². The molecule has 3 heterocycles. The van der Waals surface area contributed by atoms with Gasteiger partial charge < -0.3 is 9.67 Å². The van der Waals surface area contributed by atoms with E-state index >= 15 is 0 Å². The fourth-order valence-electron chi connectivity index (χ4n) is 3.01. The van der Waals surface area contributed by atoms with Gasteiger partial charge in [-0.1, -0.05) is 20.3 Å². The van der Waals surface area contributed by atoms with Gasteiger partial charge in [-0.25, -0.2) is 9.78 Å². The number of aromatic nitrogens is 3. The highest BCUT2D eigenvalue weighted by Crippen LogP contribution is 2.32. The highest BCUT2D eigenvalue weighted by Gasteiger charge is 2.19. The third-order valence-electron chi connectivity index (χ3n) is 4.52. The van der Waals surface area contributed by atoms with Crippen molar-refractivity contribution in [1.82, 2.24) is 14.5 Å². The Labute approximate surface area is 157 Å². The fourth-order valence-corrected chi connectivity index (χ4v) is 3.82. The molecule has 0 spiro atoms. The largest absolute Gasteiger partial charge is 0.478 e. The summed E-state index contributed by atoms with van der Waals surface area (Å²) >= 11 is 1.57. The highest BCUT2D eigenvalue weighted by atomic mass is 32.1. The summed E-state index contributed by atoms with van der Waals surface area (Å²) in [7, 11) is 0. The number of carboxylic acids is 1. The third-order valence-corrected chi connectivity index (χ3v) is 5.42. The first kappa shape index (κ1) is 18.3. The summed E-state index contributed by atoms with van der Waals surface area (Å²) in [4.78, 5) is 20.7. The molecule has 3 rings (SSSR count). The maximum atomic E-state index is 11.6. The van der Waals surface area contributed by atoms with Crippen molar-refractivity contribution in [3.63, 3.8) is 0 Å². The molecule has 0 bridgehead atoms. The number of rotatable bonds is 7. The second-order valence-corrected chi connectivity index (χ2v) is 7.12. The van der Waals surface area contributed by atoms with Crippen molar-refractivity contribution in [3.05, 3.63) is 46.7 Å². The van der Waals surface area contributed by atoms with E-state index < -0.39 is 5.97 Å². The molecule has 5 nitrogen and oxygen atoms in total. The van der Waals surface area contributed by atoms with Crippen molar-refractivity contribution in [2.45, 2.75) is 46.6 Å². The topological polar surface area (TPSA) is 68.0 Å². The second kappa shape index (κ2) is 7.83. The fraction of sp³-hybridized carbons (Fsp3) is 0.350. The van der Waals surface area contributed by atoms with Crippen LogP contribution < -0.4 is 0 Å². The first-order valence-electron chi connectivity index (χ1n) is 8.89. The van der Waals surface area contributed by atoms with Crippen LogP contribution >= 0.6 is 11.3 Å². The van der Waals surface area contributed by atoms with Gasteiger partial charge in [-0.05, 0) is 38.0 Å². The van der Waals surface area contributed by atoms with Crippen molar-refractivity contribution < 1.29 is 9.90 Å². The molecule has 3 aromatic rings. The number of pyridine rings is 1. The molecular weight excluding hydrogens is 346 g/mol. The third kappa shape index (κ3) is 3.55. The van der Waals surface area contributed by atoms with E-state index in [1.165, 1.54) is 0 Å². The van der Waals surface area contributed by atoms with Crippen LogP contribution in [0.3, 0.4) is 0 Å². The van der Waals surface area contributed by atoms with Gasteiger partial charge in [0.1, 0.15) is 5.01 Å². The molecule has 0 aromatic carbocycles. The minimum absolute atomic E-state index is 0.350. The smallest absolute Gasteiger partial charge is 0.337 e. The number of thiazole rings is 1. The molecular formula is C20H23N3O2S. The van der Waals surface area contributed by atoms with E-state index in [0.717, 1.165) is 59.2 Å². The average molecular weight is 369 g/mol. The Bertz CT molecular complexity index is 927. The summed E-state index contributed by atoms with van der Waals surface area (Å²) in [6.07, 6.45) is 4.75. The van der Waals surface area contributed by atoms with E-state index in [1.54, 1.807) is 17.4 Å². The lowest BCUT2D eigenvalue weighted by molar-refractivity contribution is 0.0696. The van der Waals surface area contributed by atoms with Crippen LogP contribution in [0.15, 0.2) is 29.8 Å². The molecule has 0 aliphatic rings. The molecule has 0 amide bonds. The van der Waals surface area contributed by atoms with Crippen molar-refractivity contribution in [3.8, 4) is 22.0 Å². The number of aryl methyl sites for hydroxylation is 1. The van der Waals surface area contributed by atoms with Crippen LogP contribution in [0.2, 0.25) is 0 Å². The van der Waals surface area contributed by atoms with Gasteiger partial charge in [0, 0.05) is 35.1 Å². The van der Waals surface area contributed by atoms with Gasteiger partial charge in [-0.3, -0.25) is 4.98 Å². The van der Waals surface area contributed by atoms with Crippen molar-refractivity contribution in [2.24, 2.45) is 0 Å². The molecule has 0 aliphatic carbocycles. The zero-order valence-electron chi connectivity index (χ0n) is 15.3. The number of hydrogen-bond acceptors (Lipinski definition) is 4. The lowest BCUT2D eigenvalue weighted by Gasteiger charge is -2.09. The summed E-state index contributed by atoms with van der Waals surface area (Å²) in [6.45, 7) is 6.88. The summed E-state index contributed by atoms with van der Waals surface area (Å²) in [5.74, 6) is -0.892. The van der Waals surface area contributed by atoms with Gasteiger partial charge in [0.25, 0.3) is 0 Å². The highest BCUT2D eigenvalue weighted by molar-refractivity contribution is 7.13. The Balaban J connectivity index is 2.02. The monoisotopic (exact) mass is 369 g/mol. The Morgan fingerprint density at radius 1 is 1.31 bits per heavy atom. The Morgan fingerprint density at radius 3 is 2.81 bits per heavy atom. The molecule has 0 radical (unpaired) electrons. The van der Waals surface area contributed by atoms with Gasteiger partial charge >= 0.3 is 5.97 Å². The number of aromatic carboxylic acids is 1. The number of hydrogen-bond donors (Lipinski definition) is 1. The van der Waals surface area contributed by atoms with Crippen molar-refractivity contribution in [2.75, 3.05) is 0 Å². The minimum atomic E-state index is -0.892. The van der Waals surface area contributed by atoms with Crippen LogP contribution in [0, 0.1) is 6.92 Å². The van der Waals surface area contributed by atoms with Crippen molar-refractivity contribution >= 4 is 17.3 Å². The van der Waals surface area contributed by atoms with E-state index in [9.17, 15) is 9.90 Å². The van der Waals surface area contributed by atoms with Crippen LogP contribution in [0.5, 0.6) is 0 Å². The molecule has 6 heteroatoms. The predicted molar refractivity (Wildman–Crippen MR) is 105 cm³/mol. The van der Waals surface area contributed by atoms with Crippen LogP contribution in [-0.4, -0.2) is 25.6 Å². The predicted octanol–water partition coefficient (Wildman–Crippen LogP) is 5.04. The van der Waals surface area contributed by atoms with Gasteiger partial charge in [-0.2, -0.15) is 0 Å². The second-order valence-electron chi connectivity index (χ2n) is 6.27. The quantitative estimate of drug-likeness (QED) is 0.633. The maximum absolute atomic E-state index is 11.6. The number of carbonyl (C=O) groups is 1. The molecule has 0 saturated carbocycles. The molecule has 3 aromatic heterocycles. The minimum Gasteiger partial charge on any atom is -0.478 e. The lowest BCUT2D eigenvalue weighted by Crippen LogP contribution is -2.04. The molecule has 26 heavy (non-hydrogen) atoms. The molecule has 136 valence electrons. The van der Waals surface area contributed by atoms with Crippen LogP contribution in [0.1, 0.15) is 48.4 Å². The van der Waals surface area contributed by atoms with Gasteiger partial charge in [-0.15, -0.1) is 11.3 Å². The lowest BCUT2D eigenvalue weighted by atomic mass is 10.2. The molecule has 0 unspecified atom stereocenters. The zero-order valence-corrected chi connectivity index (χ0v) is 16.1. The van der Waals surface area contributed by atoms with Crippen molar-refractivity contribution in [1.29, 1.82) is 0 Å². The molecule has 0 saturated heterocycles. The Hall–Kier alpha value is -2.47. The first-order chi connectivity index (χ1) is 12.5.